The van der Waals surface area contributed by atoms with Gasteiger partial charge < -0.3 is 4.18 Å². The van der Waals surface area contributed by atoms with Crippen molar-refractivity contribution in [1.82, 2.24) is 4.90 Å². The molecule has 0 aromatic heterocycles. The third-order valence-electron chi connectivity index (χ3n) is 4.78. The maximum Gasteiger partial charge on any atom is 0.339 e. The van der Waals surface area contributed by atoms with Crippen LogP contribution in [0.2, 0.25) is 0 Å². The van der Waals surface area contributed by atoms with Crippen LogP contribution in [0.1, 0.15) is 11.1 Å². The van der Waals surface area contributed by atoms with Crippen molar-refractivity contribution in [2.45, 2.75) is 11.4 Å². The zero-order chi connectivity index (χ0) is 24.3. The Morgan fingerprint density at radius 1 is 0.971 bits per heavy atom. The number of rotatable bonds is 7. The normalized spacial score (nSPS) is 15.1. The average Bonchev–Trinajstić information content (AvgIpc) is 3.07. The van der Waals surface area contributed by atoms with Crippen molar-refractivity contribution in [3.8, 4) is 5.75 Å². The van der Waals surface area contributed by atoms with Gasteiger partial charge in [0.2, 0.25) is 0 Å². The second kappa shape index (κ2) is 9.49. The first-order chi connectivity index (χ1) is 16.2. The van der Waals surface area contributed by atoms with Crippen molar-refractivity contribution in [1.29, 1.82) is 0 Å². The third kappa shape index (κ3) is 5.00. The molecule has 1 aliphatic rings. The molecule has 0 aliphatic carbocycles. The molecule has 0 saturated carbocycles. The zero-order valence-corrected chi connectivity index (χ0v) is 19.0. The molecule has 0 N–H and O–H groups in total. The van der Waals surface area contributed by atoms with E-state index in [1.54, 1.807) is 36.4 Å². The minimum atomic E-state index is -4.04. The fourth-order valence-corrected chi connectivity index (χ4v) is 4.98. The van der Waals surface area contributed by atoms with Gasteiger partial charge in [0.25, 0.3) is 16.8 Å². The van der Waals surface area contributed by atoms with Crippen molar-refractivity contribution in [3.63, 3.8) is 0 Å². The molecule has 0 unspecified atom stereocenters. The van der Waals surface area contributed by atoms with Crippen LogP contribution in [0.3, 0.4) is 0 Å². The van der Waals surface area contributed by atoms with Gasteiger partial charge in [-0.25, -0.2) is 0 Å². The van der Waals surface area contributed by atoms with E-state index in [0.29, 0.717) is 17.3 Å². The number of para-hydroxylation sites is 1. The standard InChI is InChI=1S/C23H16N2O7S2/c26-22-21(33-23(27)24(22)15-17-8-4-5-12-20(17)25(28)29)14-16-7-6-9-18(13-16)32-34(30,31)19-10-2-1-3-11-19/h1-14H,15H2/b21-14-. The predicted octanol–water partition coefficient (Wildman–Crippen LogP) is 4.60. The highest BCUT2D eigenvalue weighted by Crippen LogP contribution is 2.35. The van der Waals surface area contributed by atoms with E-state index in [2.05, 4.69) is 0 Å². The maximum absolute atomic E-state index is 12.8. The Morgan fingerprint density at radius 3 is 2.41 bits per heavy atom. The lowest BCUT2D eigenvalue weighted by atomic mass is 10.1. The van der Waals surface area contributed by atoms with Crippen LogP contribution in [0.5, 0.6) is 5.75 Å². The first-order valence-corrected chi connectivity index (χ1v) is 12.0. The molecule has 3 aromatic carbocycles. The van der Waals surface area contributed by atoms with Crippen LogP contribution in [-0.4, -0.2) is 29.4 Å². The molecule has 2 amide bonds. The molecular weight excluding hydrogens is 480 g/mol. The highest BCUT2D eigenvalue weighted by molar-refractivity contribution is 8.18. The third-order valence-corrected chi connectivity index (χ3v) is 6.95. The number of hydrogen-bond donors (Lipinski definition) is 0. The van der Waals surface area contributed by atoms with E-state index in [1.165, 1.54) is 48.5 Å². The van der Waals surface area contributed by atoms with Gasteiger partial charge in [-0.2, -0.15) is 8.42 Å². The van der Waals surface area contributed by atoms with Crippen LogP contribution in [0.25, 0.3) is 6.08 Å². The van der Waals surface area contributed by atoms with E-state index >= 15 is 0 Å². The van der Waals surface area contributed by atoms with Crippen molar-refractivity contribution in [3.05, 3.63) is 105 Å². The molecule has 0 bridgehead atoms. The minimum Gasteiger partial charge on any atom is -0.379 e. The smallest absolute Gasteiger partial charge is 0.339 e. The predicted molar refractivity (Wildman–Crippen MR) is 125 cm³/mol. The van der Waals surface area contributed by atoms with E-state index in [4.69, 9.17) is 4.18 Å². The molecule has 4 rings (SSSR count). The van der Waals surface area contributed by atoms with Crippen molar-refractivity contribution in [2.24, 2.45) is 0 Å². The second-order valence-corrected chi connectivity index (χ2v) is 9.62. The molecule has 0 spiro atoms. The number of thioether (sulfide) groups is 1. The number of nitrogens with zero attached hydrogens (tertiary/aromatic N) is 2. The van der Waals surface area contributed by atoms with Gasteiger partial charge in [0.1, 0.15) is 10.6 Å². The summed E-state index contributed by atoms with van der Waals surface area (Å²) in [5, 5.41) is 10.7. The topological polar surface area (TPSA) is 124 Å². The summed E-state index contributed by atoms with van der Waals surface area (Å²) >= 11 is 0.696. The number of benzene rings is 3. The fraction of sp³-hybridized carbons (Fsp3) is 0.0435. The Bertz CT molecular complexity index is 1420. The largest absolute Gasteiger partial charge is 0.379 e. The SMILES string of the molecule is O=C1S/C(=C\c2cccc(OS(=O)(=O)c3ccccc3)c2)C(=O)N1Cc1ccccc1[N+](=O)[O-]. The van der Waals surface area contributed by atoms with Gasteiger partial charge in [-0.3, -0.25) is 24.6 Å². The lowest BCUT2D eigenvalue weighted by molar-refractivity contribution is -0.385. The van der Waals surface area contributed by atoms with E-state index in [0.717, 1.165) is 4.90 Å². The molecule has 11 heteroatoms. The number of carbonyl (C=O) groups is 2. The summed E-state index contributed by atoms with van der Waals surface area (Å²) in [6.45, 7) is -0.238. The van der Waals surface area contributed by atoms with E-state index in [-0.39, 0.29) is 33.3 Å². The molecule has 34 heavy (non-hydrogen) atoms. The molecule has 1 heterocycles. The molecule has 1 saturated heterocycles. The van der Waals surface area contributed by atoms with Crippen molar-refractivity contribution >= 4 is 44.8 Å². The summed E-state index contributed by atoms with van der Waals surface area (Å²) in [6, 6.07) is 19.6. The molecule has 1 fully saturated rings. The van der Waals surface area contributed by atoms with Gasteiger partial charge >= 0.3 is 10.1 Å². The first kappa shape index (κ1) is 23.2. The summed E-state index contributed by atoms with van der Waals surface area (Å²) in [7, 11) is -4.04. The van der Waals surface area contributed by atoms with Gasteiger partial charge in [0.05, 0.1) is 16.4 Å². The lowest BCUT2D eigenvalue weighted by Gasteiger charge is -2.12. The van der Waals surface area contributed by atoms with Gasteiger partial charge in [0.15, 0.2) is 0 Å². The molecule has 9 nitrogen and oxygen atoms in total. The van der Waals surface area contributed by atoms with Crippen LogP contribution in [0.15, 0.2) is 88.7 Å². The number of hydrogen-bond acceptors (Lipinski definition) is 8. The number of amides is 2. The molecular formula is C23H16N2O7S2. The number of nitro groups is 1. The number of carbonyl (C=O) groups excluding carboxylic acids is 2. The second-order valence-electron chi connectivity index (χ2n) is 7.08. The number of nitro benzene ring substituents is 1. The minimum absolute atomic E-state index is 0.00321. The molecule has 3 aromatic rings. The summed E-state index contributed by atoms with van der Waals surface area (Å²) in [6.07, 6.45) is 1.44. The van der Waals surface area contributed by atoms with E-state index in [9.17, 15) is 28.1 Å². The van der Waals surface area contributed by atoms with E-state index in [1.807, 2.05) is 0 Å². The van der Waals surface area contributed by atoms with Gasteiger partial charge in [-0.1, -0.05) is 48.5 Å². The zero-order valence-electron chi connectivity index (χ0n) is 17.4. The van der Waals surface area contributed by atoms with Crippen LogP contribution in [0.4, 0.5) is 10.5 Å². The number of imide groups is 1. The highest BCUT2D eigenvalue weighted by atomic mass is 32.2. The quantitative estimate of drug-likeness (QED) is 0.201. The fourth-order valence-electron chi connectivity index (χ4n) is 3.20. The Kier molecular flexibility index (Phi) is 6.48. The Morgan fingerprint density at radius 2 is 1.68 bits per heavy atom. The maximum atomic E-state index is 12.8. The van der Waals surface area contributed by atoms with Crippen LogP contribution >= 0.6 is 11.8 Å². The monoisotopic (exact) mass is 496 g/mol. The van der Waals surface area contributed by atoms with Crippen LogP contribution in [-0.2, 0) is 21.5 Å². The summed E-state index contributed by atoms with van der Waals surface area (Å²) in [5.74, 6) is -0.562. The first-order valence-electron chi connectivity index (χ1n) is 9.82. The molecule has 1 aliphatic heterocycles. The lowest BCUT2D eigenvalue weighted by Crippen LogP contribution is -2.27. The summed E-state index contributed by atoms with van der Waals surface area (Å²) in [4.78, 5) is 37.0. The van der Waals surface area contributed by atoms with E-state index < -0.39 is 26.2 Å². The van der Waals surface area contributed by atoms with Gasteiger partial charge in [0, 0.05) is 11.6 Å². The Balaban J connectivity index is 1.55. The average molecular weight is 497 g/mol. The van der Waals surface area contributed by atoms with Crippen LogP contribution < -0.4 is 4.18 Å². The molecule has 0 atom stereocenters. The Labute approximate surface area is 198 Å². The van der Waals surface area contributed by atoms with Gasteiger partial charge in [-0.05, 0) is 47.7 Å². The van der Waals surface area contributed by atoms with Crippen molar-refractivity contribution < 1.29 is 27.1 Å². The highest BCUT2D eigenvalue weighted by Gasteiger charge is 2.36. The summed E-state index contributed by atoms with van der Waals surface area (Å²) < 4.78 is 30.1. The molecule has 0 radical (unpaired) electrons. The Hall–Kier alpha value is -3.96. The van der Waals surface area contributed by atoms with Crippen LogP contribution in [0, 0.1) is 10.1 Å². The van der Waals surface area contributed by atoms with Crippen molar-refractivity contribution in [2.75, 3.05) is 0 Å². The molecule has 172 valence electrons. The summed E-state index contributed by atoms with van der Waals surface area (Å²) in [5.41, 5.74) is 0.490. The van der Waals surface area contributed by atoms with Gasteiger partial charge in [-0.15, -0.1) is 0 Å².